The molecule has 5 nitrogen and oxygen atoms in total. The number of nitrogen functional groups attached to an aromatic ring is 1. The zero-order valence-corrected chi connectivity index (χ0v) is 9.66. The largest absolute Gasteiger partial charge is 0.397 e. The average Bonchev–Trinajstić information content (AvgIpc) is 2.25. The Balaban J connectivity index is 2.50. The second kappa shape index (κ2) is 5.95. The molecule has 0 radical (unpaired) electrons. The first-order valence-electron chi connectivity index (χ1n) is 5.38. The van der Waals surface area contributed by atoms with Gasteiger partial charge in [-0.2, -0.15) is 0 Å². The number of anilines is 2. The smallest absolute Gasteiger partial charge is 0.242 e. The fraction of sp³-hybridized carbons (Fsp3) is 0.455. The average molecular weight is 222 g/mol. The molecule has 0 spiro atoms. The summed E-state index contributed by atoms with van der Waals surface area (Å²) in [6.07, 6.45) is 4.13. The topological polar surface area (TPSA) is 80.0 Å². The highest BCUT2D eigenvalue weighted by Gasteiger charge is 2.11. The summed E-state index contributed by atoms with van der Waals surface area (Å²) in [5, 5.41) is 5.85. The Morgan fingerprint density at radius 2 is 2.31 bits per heavy atom. The number of pyridine rings is 1. The summed E-state index contributed by atoms with van der Waals surface area (Å²) in [6, 6.07) is 1.45. The molecule has 0 aliphatic rings. The molecule has 1 unspecified atom stereocenters. The van der Waals surface area contributed by atoms with Crippen LogP contribution in [0.4, 0.5) is 11.4 Å². The lowest BCUT2D eigenvalue weighted by Crippen LogP contribution is -2.37. The quantitative estimate of drug-likeness (QED) is 0.694. The molecule has 16 heavy (non-hydrogen) atoms. The molecule has 1 aromatic rings. The van der Waals surface area contributed by atoms with Gasteiger partial charge >= 0.3 is 0 Å². The van der Waals surface area contributed by atoms with Crippen LogP contribution in [0.25, 0.3) is 0 Å². The van der Waals surface area contributed by atoms with Crippen molar-refractivity contribution in [1.82, 2.24) is 10.3 Å². The zero-order chi connectivity index (χ0) is 12.0. The van der Waals surface area contributed by atoms with Crippen molar-refractivity contribution in [2.24, 2.45) is 0 Å². The van der Waals surface area contributed by atoms with E-state index in [-0.39, 0.29) is 11.9 Å². The zero-order valence-electron chi connectivity index (χ0n) is 9.66. The van der Waals surface area contributed by atoms with Gasteiger partial charge in [-0.3, -0.25) is 9.78 Å². The Kier molecular flexibility index (Phi) is 4.57. The van der Waals surface area contributed by atoms with Gasteiger partial charge in [-0.15, -0.1) is 0 Å². The number of hydrogen-bond donors (Lipinski definition) is 3. The minimum atomic E-state index is -0.296. The van der Waals surface area contributed by atoms with Gasteiger partial charge in [0.15, 0.2) is 0 Å². The van der Waals surface area contributed by atoms with E-state index in [1.54, 1.807) is 25.4 Å². The number of carbonyl (C=O) groups excluding carboxylic acids is 1. The van der Waals surface area contributed by atoms with Crippen LogP contribution in [0.15, 0.2) is 18.5 Å². The van der Waals surface area contributed by atoms with Gasteiger partial charge in [-0.1, -0.05) is 6.92 Å². The minimum absolute atomic E-state index is 0.0238. The summed E-state index contributed by atoms with van der Waals surface area (Å²) in [5.74, 6) is -0.0238. The third-order valence-corrected chi connectivity index (χ3v) is 2.09. The molecule has 0 fully saturated rings. The standard InChI is InChI=1S/C11H18N4O/c1-3-4-14-11(16)8(2)15-10-5-9(12)6-13-7-10/h5-8,15H,3-4,12H2,1-2H3,(H,14,16). The van der Waals surface area contributed by atoms with Crippen LogP contribution in [-0.2, 0) is 4.79 Å². The van der Waals surface area contributed by atoms with Crippen molar-refractivity contribution in [2.45, 2.75) is 26.3 Å². The molecular weight excluding hydrogens is 204 g/mol. The Morgan fingerprint density at radius 1 is 1.56 bits per heavy atom. The van der Waals surface area contributed by atoms with Gasteiger partial charge in [0.2, 0.25) is 5.91 Å². The van der Waals surface area contributed by atoms with E-state index in [1.807, 2.05) is 6.92 Å². The van der Waals surface area contributed by atoms with Crippen molar-refractivity contribution in [1.29, 1.82) is 0 Å². The van der Waals surface area contributed by atoms with Crippen LogP contribution in [-0.4, -0.2) is 23.5 Å². The normalized spacial score (nSPS) is 11.9. The van der Waals surface area contributed by atoms with E-state index in [4.69, 9.17) is 5.73 Å². The van der Waals surface area contributed by atoms with E-state index < -0.39 is 0 Å². The number of amides is 1. The van der Waals surface area contributed by atoms with Crippen LogP contribution in [0.1, 0.15) is 20.3 Å². The van der Waals surface area contributed by atoms with Gasteiger partial charge < -0.3 is 16.4 Å². The van der Waals surface area contributed by atoms with E-state index in [0.717, 1.165) is 12.1 Å². The second-order valence-electron chi connectivity index (χ2n) is 3.66. The van der Waals surface area contributed by atoms with Crippen LogP contribution in [0.3, 0.4) is 0 Å². The first kappa shape index (κ1) is 12.3. The monoisotopic (exact) mass is 222 g/mol. The number of hydrogen-bond acceptors (Lipinski definition) is 4. The number of aromatic nitrogens is 1. The first-order chi connectivity index (χ1) is 7.63. The first-order valence-corrected chi connectivity index (χ1v) is 5.38. The van der Waals surface area contributed by atoms with Crippen molar-refractivity contribution < 1.29 is 4.79 Å². The molecule has 0 bridgehead atoms. The van der Waals surface area contributed by atoms with E-state index in [1.165, 1.54) is 0 Å². The summed E-state index contributed by atoms with van der Waals surface area (Å²) < 4.78 is 0. The Hall–Kier alpha value is -1.78. The molecule has 0 aliphatic heterocycles. The predicted molar refractivity (Wildman–Crippen MR) is 65.0 cm³/mol. The van der Waals surface area contributed by atoms with Gasteiger partial charge in [0, 0.05) is 12.7 Å². The molecular formula is C11H18N4O. The number of nitrogens with one attached hydrogen (secondary N) is 2. The van der Waals surface area contributed by atoms with Crippen molar-refractivity contribution in [2.75, 3.05) is 17.6 Å². The summed E-state index contributed by atoms with van der Waals surface area (Å²) >= 11 is 0. The maximum Gasteiger partial charge on any atom is 0.242 e. The van der Waals surface area contributed by atoms with Crippen molar-refractivity contribution in [3.63, 3.8) is 0 Å². The Bertz CT molecular complexity index is 354. The lowest BCUT2D eigenvalue weighted by atomic mass is 10.2. The molecule has 1 aromatic heterocycles. The Morgan fingerprint density at radius 3 is 2.94 bits per heavy atom. The lowest BCUT2D eigenvalue weighted by Gasteiger charge is -2.14. The third kappa shape index (κ3) is 3.76. The lowest BCUT2D eigenvalue weighted by molar-refractivity contribution is -0.121. The number of nitrogens with two attached hydrogens (primary N) is 1. The molecule has 1 rings (SSSR count). The summed E-state index contributed by atoms with van der Waals surface area (Å²) in [6.45, 7) is 4.51. The molecule has 4 N–H and O–H groups in total. The van der Waals surface area contributed by atoms with Crippen molar-refractivity contribution >= 4 is 17.3 Å². The predicted octanol–water partition coefficient (Wildman–Crippen LogP) is 0.990. The number of carbonyl (C=O) groups is 1. The molecule has 1 heterocycles. The fourth-order valence-electron chi connectivity index (χ4n) is 1.25. The maximum absolute atomic E-state index is 11.6. The van der Waals surface area contributed by atoms with Gasteiger partial charge in [0.05, 0.1) is 17.6 Å². The van der Waals surface area contributed by atoms with Crippen LogP contribution in [0.5, 0.6) is 0 Å². The molecule has 0 saturated heterocycles. The van der Waals surface area contributed by atoms with E-state index in [0.29, 0.717) is 12.2 Å². The van der Waals surface area contributed by atoms with Gasteiger partial charge in [-0.05, 0) is 19.4 Å². The van der Waals surface area contributed by atoms with Gasteiger partial charge in [0.25, 0.3) is 0 Å². The maximum atomic E-state index is 11.6. The Labute approximate surface area is 95.4 Å². The van der Waals surface area contributed by atoms with Crippen LogP contribution in [0.2, 0.25) is 0 Å². The summed E-state index contributed by atoms with van der Waals surface area (Å²) in [4.78, 5) is 15.5. The van der Waals surface area contributed by atoms with Crippen LogP contribution in [0, 0.1) is 0 Å². The molecule has 1 atom stereocenters. The molecule has 0 aliphatic carbocycles. The minimum Gasteiger partial charge on any atom is -0.397 e. The molecule has 5 heteroatoms. The summed E-state index contributed by atoms with van der Waals surface area (Å²) in [5.41, 5.74) is 6.91. The van der Waals surface area contributed by atoms with Crippen molar-refractivity contribution in [3.8, 4) is 0 Å². The SMILES string of the molecule is CCCNC(=O)C(C)Nc1cncc(N)c1. The van der Waals surface area contributed by atoms with E-state index >= 15 is 0 Å². The summed E-state index contributed by atoms with van der Waals surface area (Å²) in [7, 11) is 0. The number of rotatable bonds is 5. The molecule has 0 saturated carbocycles. The highest BCUT2D eigenvalue weighted by atomic mass is 16.2. The molecule has 0 aromatic carbocycles. The highest BCUT2D eigenvalue weighted by Crippen LogP contribution is 2.10. The van der Waals surface area contributed by atoms with Crippen molar-refractivity contribution in [3.05, 3.63) is 18.5 Å². The van der Waals surface area contributed by atoms with Gasteiger partial charge in [-0.25, -0.2) is 0 Å². The van der Waals surface area contributed by atoms with Crippen LogP contribution < -0.4 is 16.4 Å². The van der Waals surface area contributed by atoms with E-state index in [9.17, 15) is 4.79 Å². The number of nitrogens with zero attached hydrogens (tertiary/aromatic N) is 1. The third-order valence-electron chi connectivity index (χ3n) is 2.09. The van der Waals surface area contributed by atoms with Crippen LogP contribution >= 0.6 is 0 Å². The van der Waals surface area contributed by atoms with E-state index in [2.05, 4.69) is 15.6 Å². The fourth-order valence-corrected chi connectivity index (χ4v) is 1.25. The molecule has 88 valence electrons. The second-order valence-corrected chi connectivity index (χ2v) is 3.66. The van der Waals surface area contributed by atoms with Gasteiger partial charge in [0.1, 0.15) is 6.04 Å². The molecule has 1 amide bonds. The highest BCUT2D eigenvalue weighted by molar-refractivity contribution is 5.84.